The second kappa shape index (κ2) is 5.50. The summed E-state index contributed by atoms with van der Waals surface area (Å²) in [6.45, 7) is 3.67. The zero-order valence-electron chi connectivity index (χ0n) is 9.50. The fourth-order valence-corrected chi connectivity index (χ4v) is 1.19. The molecule has 0 saturated heterocycles. The lowest BCUT2D eigenvalue weighted by Gasteiger charge is -2.11. The molecule has 15 heavy (non-hydrogen) atoms. The first-order valence-corrected chi connectivity index (χ1v) is 5.11. The Labute approximate surface area is 89.5 Å². The number of nitrogens with zero attached hydrogens (tertiary/aromatic N) is 2. The second-order valence-electron chi connectivity index (χ2n) is 3.63. The van der Waals surface area contributed by atoms with Crippen molar-refractivity contribution < 1.29 is 0 Å². The van der Waals surface area contributed by atoms with Gasteiger partial charge in [-0.25, -0.2) is 4.98 Å². The van der Waals surface area contributed by atoms with Crippen molar-refractivity contribution in [3.63, 3.8) is 0 Å². The SMILES string of the molecule is CCCNCc1cc(=O)[nH]c(N(C)C)n1. The molecule has 0 amide bonds. The van der Waals surface area contributed by atoms with E-state index >= 15 is 0 Å². The first-order chi connectivity index (χ1) is 7.13. The molecular formula is C10H18N4O. The topological polar surface area (TPSA) is 61.0 Å². The van der Waals surface area contributed by atoms with Gasteiger partial charge in [0.05, 0.1) is 5.69 Å². The largest absolute Gasteiger partial charge is 0.348 e. The fourth-order valence-electron chi connectivity index (χ4n) is 1.19. The molecule has 5 nitrogen and oxygen atoms in total. The molecule has 0 fully saturated rings. The minimum Gasteiger partial charge on any atom is -0.348 e. The summed E-state index contributed by atoms with van der Waals surface area (Å²) in [7, 11) is 3.70. The van der Waals surface area contributed by atoms with E-state index in [1.54, 1.807) is 4.90 Å². The maximum absolute atomic E-state index is 11.3. The highest BCUT2D eigenvalue weighted by Gasteiger charge is 2.02. The Hall–Kier alpha value is -1.36. The van der Waals surface area contributed by atoms with Gasteiger partial charge in [0.1, 0.15) is 0 Å². The van der Waals surface area contributed by atoms with Gasteiger partial charge in [0.15, 0.2) is 0 Å². The first-order valence-electron chi connectivity index (χ1n) is 5.11. The molecule has 1 rings (SSSR count). The molecule has 0 unspecified atom stereocenters. The van der Waals surface area contributed by atoms with Gasteiger partial charge in [-0.3, -0.25) is 9.78 Å². The van der Waals surface area contributed by atoms with Crippen LogP contribution in [0.4, 0.5) is 5.95 Å². The summed E-state index contributed by atoms with van der Waals surface area (Å²) in [5, 5.41) is 3.21. The maximum Gasteiger partial charge on any atom is 0.252 e. The molecule has 2 N–H and O–H groups in total. The Morgan fingerprint density at radius 3 is 2.87 bits per heavy atom. The number of H-pyrrole nitrogens is 1. The van der Waals surface area contributed by atoms with E-state index in [9.17, 15) is 4.79 Å². The van der Waals surface area contributed by atoms with Gasteiger partial charge in [0.25, 0.3) is 5.56 Å². The van der Waals surface area contributed by atoms with Crippen LogP contribution in [-0.2, 0) is 6.54 Å². The first kappa shape index (κ1) is 11.7. The number of aromatic amines is 1. The van der Waals surface area contributed by atoms with Crippen LogP contribution in [0.2, 0.25) is 0 Å². The van der Waals surface area contributed by atoms with E-state index in [4.69, 9.17) is 0 Å². The molecule has 0 aromatic carbocycles. The third kappa shape index (κ3) is 3.71. The summed E-state index contributed by atoms with van der Waals surface area (Å²) in [4.78, 5) is 20.1. The number of nitrogens with one attached hydrogen (secondary N) is 2. The lowest BCUT2D eigenvalue weighted by molar-refractivity contribution is 0.661. The Balaban J connectivity index is 2.75. The summed E-state index contributed by atoms with van der Waals surface area (Å²) in [6.07, 6.45) is 1.07. The predicted molar refractivity (Wildman–Crippen MR) is 61.2 cm³/mol. The molecule has 84 valence electrons. The summed E-state index contributed by atoms with van der Waals surface area (Å²) in [5.41, 5.74) is 0.665. The Kier molecular flexibility index (Phi) is 4.30. The van der Waals surface area contributed by atoms with Crippen molar-refractivity contribution in [2.75, 3.05) is 25.5 Å². The van der Waals surface area contributed by atoms with Gasteiger partial charge in [-0.1, -0.05) is 6.92 Å². The van der Waals surface area contributed by atoms with Crippen LogP contribution in [0.5, 0.6) is 0 Å². The lowest BCUT2D eigenvalue weighted by atomic mass is 10.4. The van der Waals surface area contributed by atoms with Crippen LogP contribution in [0.3, 0.4) is 0 Å². The molecule has 0 radical (unpaired) electrons. The molecule has 1 aromatic heterocycles. The van der Waals surface area contributed by atoms with E-state index in [1.807, 2.05) is 14.1 Å². The molecule has 1 aromatic rings. The third-order valence-electron chi connectivity index (χ3n) is 1.94. The number of hydrogen-bond acceptors (Lipinski definition) is 4. The normalized spacial score (nSPS) is 10.3. The van der Waals surface area contributed by atoms with Crippen LogP contribution in [0.1, 0.15) is 19.0 Å². The quantitative estimate of drug-likeness (QED) is 0.688. The highest BCUT2D eigenvalue weighted by Crippen LogP contribution is 2.00. The zero-order chi connectivity index (χ0) is 11.3. The zero-order valence-corrected chi connectivity index (χ0v) is 9.50. The maximum atomic E-state index is 11.3. The van der Waals surface area contributed by atoms with E-state index in [2.05, 4.69) is 22.2 Å². The van der Waals surface area contributed by atoms with E-state index in [0.29, 0.717) is 12.5 Å². The van der Waals surface area contributed by atoms with Gasteiger partial charge in [0.2, 0.25) is 5.95 Å². The Morgan fingerprint density at radius 1 is 1.53 bits per heavy atom. The van der Waals surface area contributed by atoms with Crippen molar-refractivity contribution in [3.05, 3.63) is 22.1 Å². The lowest BCUT2D eigenvalue weighted by Crippen LogP contribution is -2.22. The number of hydrogen-bond donors (Lipinski definition) is 2. The van der Waals surface area contributed by atoms with Crippen molar-refractivity contribution in [2.24, 2.45) is 0 Å². The smallest absolute Gasteiger partial charge is 0.252 e. The summed E-state index contributed by atoms with van der Waals surface area (Å²) in [6, 6.07) is 1.52. The highest BCUT2D eigenvalue weighted by molar-refractivity contribution is 5.27. The van der Waals surface area contributed by atoms with Crippen LogP contribution in [0, 0.1) is 0 Å². The van der Waals surface area contributed by atoms with E-state index in [1.165, 1.54) is 6.07 Å². The summed E-state index contributed by atoms with van der Waals surface area (Å²) in [5.74, 6) is 0.593. The van der Waals surface area contributed by atoms with Crippen LogP contribution < -0.4 is 15.8 Å². The average Bonchev–Trinajstić information content (AvgIpc) is 2.17. The Bertz CT molecular complexity index is 359. The van der Waals surface area contributed by atoms with Gasteiger partial charge < -0.3 is 10.2 Å². The highest BCUT2D eigenvalue weighted by atomic mass is 16.1. The van der Waals surface area contributed by atoms with Crippen molar-refractivity contribution in [2.45, 2.75) is 19.9 Å². The molecule has 0 aliphatic rings. The predicted octanol–water partition coefficient (Wildman–Crippen LogP) is 0.335. The molecule has 0 aliphatic carbocycles. The van der Waals surface area contributed by atoms with Gasteiger partial charge in [-0.05, 0) is 13.0 Å². The fraction of sp³-hybridized carbons (Fsp3) is 0.600. The number of anilines is 1. The van der Waals surface area contributed by atoms with Gasteiger partial charge in [0, 0.05) is 26.7 Å². The van der Waals surface area contributed by atoms with Crippen molar-refractivity contribution >= 4 is 5.95 Å². The average molecular weight is 210 g/mol. The summed E-state index contributed by atoms with van der Waals surface area (Å²) < 4.78 is 0. The van der Waals surface area contributed by atoms with Crippen molar-refractivity contribution in [3.8, 4) is 0 Å². The van der Waals surface area contributed by atoms with Gasteiger partial charge in [-0.2, -0.15) is 0 Å². The molecule has 0 saturated carbocycles. The van der Waals surface area contributed by atoms with Crippen LogP contribution in [0.15, 0.2) is 10.9 Å². The van der Waals surface area contributed by atoms with E-state index in [0.717, 1.165) is 18.7 Å². The molecule has 1 heterocycles. The third-order valence-corrected chi connectivity index (χ3v) is 1.94. The molecular weight excluding hydrogens is 192 g/mol. The van der Waals surface area contributed by atoms with Crippen LogP contribution in [-0.4, -0.2) is 30.6 Å². The van der Waals surface area contributed by atoms with Crippen LogP contribution >= 0.6 is 0 Å². The van der Waals surface area contributed by atoms with Crippen LogP contribution in [0.25, 0.3) is 0 Å². The van der Waals surface area contributed by atoms with Crippen molar-refractivity contribution in [1.29, 1.82) is 0 Å². The number of aromatic nitrogens is 2. The number of rotatable bonds is 5. The second-order valence-corrected chi connectivity index (χ2v) is 3.63. The molecule has 0 spiro atoms. The Morgan fingerprint density at radius 2 is 2.27 bits per heavy atom. The molecule has 0 bridgehead atoms. The molecule has 5 heteroatoms. The minimum atomic E-state index is -0.109. The van der Waals surface area contributed by atoms with Gasteiger partial charge in [-0.15, -0.1) is 0 Å². The minimum absolute atomic E-state index is 0.109. The van der Waals surface area contributed by atoms with E-state index < -0.39 is 0 Å². The summed E-state index contributed by atoms with van der Waals surface area (Å²) >= 11 is 0. The van der Waals surface area contributed by atoms with E-state index in [-0.39, 0.29) is 5.56 Å². The molecule has 0 aliphatic heterocycles. The standard InChI is InChI=1S/C10H18N4O/c1-4-5-11-7-8-6-9(15)13-10(12-8)14(2)3/h6,11H,4-5,7H2,1-3H3,(H,12,13,15). The monoisotopic (exact) mass is 210 g/mol. The van der Waals surface area contributed by atoms with Gasteiger partial charge >= 0.3 is 0 Å². The van der Waals surface area contributed by atoms with Crippen molar-refractivity contribution in [1.82, 2.24) is 15.3 Å². The molecule has 0 atom stereocenters.